The Morgan fingerprint density at radius 2 is 1.94 bits per heavy atom. The molecule has 0 saturated carbocycles. The Balaban J connectivity index is 1.97. The van der Waals surface area contributed by atoms with Gasteiger partial charge in [-0.05, 0) is 37.8 Å². The Morgan fingerprint density at radius 1 is 1.28 bits per heavy atom. The molecule has 18 heavy (non-hydrogen) atoms. The molecular weight excluding hydrogens is 226 g/mol. The van der Waals surface area contributed by atoms with E-state index in [0.29, 0.717) is 12.3 Å². The molecule has 1 aromatic carbocycles. The third-order valence-electron chi connectivity index (χ3n) is 3.49. The van der Waals surface area contributed by atoms with E-state index in [1.165, 1.54) is 0 Å². The van der Waals surface area contributed by atoms with Crippen LogP contribution in [0.4, 0.5) is 5.69 Å². The summed E-state index contributed by atoms with van der Waals surface area (Å²) in [5.74, 6) is 0.722. The fourth-order valence-corrected chi connectivity index (χ4v) is 2.42. The number of anilines is 1. The number of benzene rings is 1. The Hall–Kier alpha value is -1.35. The highest BCUT2D eigenvalue weighted by Crippen LogP contribution is 2.22. The zero-order valence-corrected chi connectivity index (χ0v) is 11.0. The van der Waals surface area contributed by atoms with Gasteiger partial charge in [0.2, 0.25) is 5.91 Å². The number of ether oxygens (including phenoxy) is 1. The minimum Gasteiger partial charge on any atom is -0.381 e. The smallest absolute Gasteiger partial charge is 0.227 e. The summed E-state index contributed by atoms with van der Waals surface area (Å²) in [4.78, 5) is 14.2. The van der Waals surface area contributed by atoms with Crippen molar-refractivity contribution >= 4 is 11.6 Å². The summed E-state index contributed by atoms with van der Waals surface area (Å²) in [6, 6.07) is 9.90. The van der Waals surface area contributed by atoms with Crippen molar-refractivity contribution in [2.24, 2.45) is 5.92 Å². The van der Waals surface area contributed by atoms with E-state index in [-0.39, 0.29) is 5.91 Å². The zero-order chi connectivity index (χ0) is 12.8. The monoisotopic (exact) mass is 247 g/mol. The van der Waals surface area contributed by atoms with Crippen molar-refractivity contribution < 1.29 is 9.53 Å². The van der Waals surface area contributed by atoms with Crippen LogP contribution in [-0.4, -0.2) is 25.7 Å². The third kappa shape index (κ3) is 3.33. The number of hydrogen-bond donors (Lipinski definition) is 0. The normalized spacial score (nSPS) is 16.5. The van der Waals surface area contributed by atoms with E-state index in [1.807, 2.05) is 42.2 Å². The lowest BCUT2D eigenvalue weighted by Gasteiger charge is -2.26. The number of rotatable bonds is 4. The maximum absolute atomic E-state index is 12.3. The number of para-hydroxylation sites is 1. The molecule has 0 atom stereocenters. The second kappa shape index (κ2) is 6.55. The van der Waals surface area contributed by atoms with Gasteiger partial charge in [-0.15, -0.1) is 0 Å². The van der Waals surface area contributed by atoms with Crippen molar-refractivity contribution in [1.82, 2.24) is 0 Å². The van der Waals surface area contributed by atoms with Crippen LogP contribution in [0.15, 0.2) is 30.3 Å². The molecule has 2 rings (SSSR count). The van der Waals surface area contributed by atoms with Crippen LogP contribution >= 0.6 is 0 Å². The highest BCUT2D eigenvalue weighted by molar-refractivity contribution is 5.93. The minimum absolute atomic E-state index is 0.232. The quantitative estimate of drug-likeness (QED) is 0.818. The van der Waals surface area contributed by atoms with Crippen molar-refractivity contribution in [3.63, 3.8) is 0 Å². The van der Waals surface area contributed by atoms with Crippen LogP contribution in [0.2, 0.25) is 0 Å². The Labute approximate surface area is 109 Å². The van der Waals surface area contributed by atoms with Gasteiger partial charge in [0.1, 0.15) is 0 Å². The fraction of sp³-hybridized carbons (Fsp3) is 0.533. The van der Waals surface area contributed by atoms with E-state index < -0.39 is 0 Å². The molecule has 1 fully saturated rings. The summed E-state index contributed by atoms with van der Waals surface area (Å²) in [5, 5.41) is 0. The first-order valence-corrected chi connectivity index (χ1v) is 6.74. The first kappa shape index (κ1) is 13.1. The molecule has 0 bridgehead atoms. The molecular formula is C15H21NO2. The fourth-order valence-electron chi connectivity index (χ4n) is 2.42. The van der Waals surface area contributed by atoms with Gasteiger partial charge in [0.15, 0.2) is 0 Å². The summed E-state index contributed by atoms with van der Waals surface area (Å²) < 4.78 is 5.33. The maximum atomic E-state index is 12.3. The van der Waals surface area contributed by atoms with E-state index >= 15 is 0 Å². The molecule has 3 nitrogen and oxygen atoms in total. The predicted octanol–water partition coefficient (Wildman–Crippen LogP) is 2.86. The molecule has 1 heterocycles. The number of carbonyl (C=O) groups excluding carboxylic acids is 1. The number of hydrogen-bond acceptors (Lipinski definition) is 2. The number of carbonyl (C=O) groups is 1. The molecule has 1 aliphatic heterocycles. The van der Waals surface area contributed by atoms with Crippen molar-refractivity contribution in [2.45, 2.75) is 26.2 Å². The van der Waals surface area contributed by atoms with Gasteiger partial charge in [-0.2, -0.15) is 0 Å². The van der Waals surface area contributed by atoms with Crippen LogP contribution in [0.25, 0.3) is 0 Å². The SMILES string of the molecule is CCN(C(=O)CC1CCOCC1)c1ccccc1. The second-order valence-electron chi connectivity index (χ2n) is 4.73. The van der Waals surface area contributed by atoms with Gasteiger partial charge in [0, 0.05) is 31.9 Å². The lowest BCUT2D eigenvalue weighted by Crippen LogP contribution is -2.33. The van der Waals surface area contributed by atoms with Crippen molar-refractivity contribution in [3.8, 4) is 0 Å². The molecule has 1 aromatic rings. The highest BCUT2D eigenvalue weighted by Gasteiger charge is 2.21. The van der Waals surface area contributed by atoms with Crippen LogP contribution in [0.3, 0.4) is 0 Å². The summed E-state index contributed by atoms with van der Waals surface area (Å²) >= 11 is 0. The van der Waals surface area contributed by atoms with Gasteiger partial charge >= 0.3 is 0 Å². The van der Waals surface area contributed by atoms with E-state index in [9.17, 15) is 4.79 Å². The first-order chi connectivity index (χ1) is 8.81. The largest absolute Gasteiger partial charge is 0.381 e. The molecule has 0 radical (unpaired) electrons. The Morgan fingerprint density at radius 3 is 2.56 bits per heavy atom. The molecule has 3 heteroatoms. The molecule has 0 aromatic heterocycles. The van der Waals surface area contributed by atoms with Gasteiger partial charge in [-0.3, -0.25) is 4.79 Å². The van der Waals surface area contributed by atoms with Crippen LogP contribution in [-0.2, 0) is 9.53 Å². The van der Waals surface area contributed by atoms with Crippen molar-refractivity contribution in [1.29, 1.82) is 0 Å². The van der Waals surface area contributed by atoms with Gasteiger partial charge < -0.3 is 9.64 Å². The molecule has 0 spiro atoms. The van der Waals surface area contributed by atoms with Crippen LogP contribution in [0.5, 0.6) is 0 Å². The topological polar surface area (TPSA) is 29.5 Å². The van der Waals surface area contributed by atoms with Crippen LogP contribution in [0.1, 0.15) is 26.2 Å². The molecule has 0 unspecified atom stereocenters. The first-order valence-electron chi connectivity index (χ1n) is 6.74. The van der Waals surface area contributed by atoms with Crippen molar-refractivity contribution in [2.75, 3.05) is 24.7 Å². The standard InChI is InChI=1S/C15H21NO2/c1-2-16(14-6-4-3-5-7-14)15(17)12-13-8-10-18-11-9-13/h3-7,13H,2,8-12H2,1H3. The average molecular weight is 247 g/mol. The number of amides is 1. The van der Waals surface area contributed by atoms with Gasteiger partial charge in [-0.1, -0.05) is 18.2 Å². The zero-order valence-electron chi connectivity index (χ0n) is 11.0. The second-order valence-corrected chi connectivity index (χ2v) is 4.73. The minimum atomic E-state index is 0.232. The maximum Gasteiger partial charge on any atom is 0.227 e. The molecule has 0 N–H and O–H groups in total. The summed E-state index contributed by atoms with van der Waals surface area (Å²) in [5.41, 5.74) is 0.997. The van der Waals surface area contributed by atoms with Crippen LogP contribution < -0.4 is 4.90 Å². The summed E-state index contributed by atoms with van der Waals surface area (Å²) in [7, 11) is 0. The Kier molecular flexibility index (Phi) is 4.76. The number of nitrogens with zero attached hydrogens (tertiary/aromatic N) is 1. The Bertz CT molecular complexity index is 371. The van der Waals surface area contributed by atoms with E-state index in [2.05, 4.69) is 0 Å². The molecule has 1 amide bonds. The summed E-state index contributed by atoms with van der Waals surface area (Å²) in [6.45, 7) is 4.35. The molecule has 98 valence electrons. The highest BCUT2D eigenvalue weighted by atomic mass is 16.5. The average Bonchev–Trinajstić information content (AvgIpc) is 2.42. The molecule has 0 aliphatic carbocycles. The van der Waals surface area contributed by atoms with Crippen LogP contribution in [0, 0.1) is 5.92 Å². The predicted molar refractivity (Wildman–Crippen MR) is 72.6 cm³/mol. The van der Waals surface area contributed by atoms with Gasteiger partial charge in [-0.25, -0.2) is 0 Å². The van der Waals surface area contributed by atoms with E-state index in [1.54, 1.807) is 0 Å². The van der Waals surface area contributed by atoms with Gasteiger partial charge in [0.05, 0.1) is 0 Å². The molecule has 1 saturated heterocycles. The van der Waals surface area contributed by atoms with Gasteiger partial charge in [0.25, 0.3) is 0 Å². The summed E-state index contributed by atoms with van der Waals surface area (Å²) in [6.07, 6.45) is 2.67. The third-order valence-corrected chi connectivity index (χ3v) is 3.49. The lowest BCUT2D eigenvalue weighted by atomic mass is 9.96. The molecule has 1 aliphatic rings. The lowest BCUT2D eigenvalue weighted by molar-refractivity contribution is -0.120. The van der Waals surface area contributed by atoms with E-state index in [4.69, 9.17) is 4.74 Å². The van der Waals surface area contributed by atoms with Crippen molar-refractivity contribution in [3.05, 3.63) is 30.3 Å². The van der Waals surface area contributed by atoms with E-state index in [0.717, 1.165) is 38.3 Å².